The minimum Gasteiger partial charge on any atom is -0.376 e. The molecule has 0 aliphatic carbocycles. The van der Waals surface area contributed by atoms with E-state index in [2.05, 4.69) is 37.2 Å². The number of amides is 3. The summed E-state index contributed by atoms with van der Waals surface area (Å²) in [5, 5.41) is 14.3. The summed E-state index contributed by atoms with van der Waals surface area (Å²) < 4.78 is 7.89. The summed E-state index contributed by atoms with van der Waals surface area (Å²) in [5.41, 5.74) is 0. The minimum absolute atomic E-state index is 0.109. The Labute approximate surface area is 170 Å². The number of hydrogen-bond acceptors (Lipinski definition) is 7. The molecule has 2 N–H and O–H groups in total. The largest absolute Gasteiger partial charge is 0.376 e. The van der Waals surface area contributed by atoms with Gasteiger partial charge in [-0.2, -0.15) is 0 Å². The van der Waals surface area contributed by atoms with Crippen molar-refractivity contribution < 1.29 is 14.3 Å². The van der Waals surface area contributed by atoms with Gasteiger partial charge in [0.1, 0.15) is 0 Å². The first-order chi connectivity index (χ1) is 13.6. The smallest absolute Gasteiger partial charge is 0.321 e. The summed E-state index contributed by atoms with van der Waals surface area (Å²) in [7, 11) is 0. The van der Waals surface area contributed by atoms with Gasteiger partial charge in [-0.25, -0.2) is 4.79 Å². The van der Waals surface area contributed by atoms with Crippen LogP contribution < -0.4 is 15.5 Å². The van der Waals surface area contributed by atoms with Gasteiger partial charge in [-0.1, -0.05) is 18.7 Å². The van der Waals surface area contributed by atoms with Crippen molar-refractivity contribution in [1.82, 2.24) is 25.4 Å². The zero-order chi connectivity index (χ0) is 19.9. The van der Waals surface area contributed by atoms with Crippen molar-refractivity contribution in [2.45, 2.75) is 57.3 Å². The van der Waals surface area contributed by atoms with Gasteiger partial charge in [0.05, 0.1) is 18.4 Å². The van der Waals surface area contributed by atoms with Crippen LogP contribution in [-0.2, 0) is 16.1 Å². The van der Waals surface area contributed by atoms with Crippen LogP contribution in [0.4, 0.5) is 10.7 Å². The molecule has 1 aromatic rings. The lowest BCUT2D eigenvalue weighted by Crippen LogP contribution is -2.40. The highest BCUT2D eigenvalue weighted by Gasteiger charge is 2.26. The SMILES string of the molecule is CCNC(=O)NC(=O)CSc1nnc(N2CCC(C)CC2)n1CC1CCCO1. The highest BCUT2D eigenvalue weighted by Crippen LogP contribution is 2.27. The van der Waals surface area contributed by atoms with Crippen LogP contribution in [0, 0.1) is 5.92 Å². The van der Waals surface area contributed by atoms with Gasteiger partial charge in [-0.15, -0.1) is 10.2 Å². The topological polar surface area (TPSA) is 101 Å². The molecule has 2 aliphatic heterocycles. The Morgan fingerprint density at radius 1 is 1.25 bits per heavy atom. The Morgan fingerprint density at radius 3 is 2.71 bits per heavy atom. The summed E-state index contributed by atoms with van der Waals surface area (Å²) >= 11 is 1.30. The number of carbonyl (C=O) groups is 2. The molecule has 1 aromatic heterocycles. The second kappa shape index (κ2) is 10.1. The summed E-state index contributed by atoms with van der Waals surface area (Å²) in [6, 6.07) is -0.475. The summed E-state index contributed by atoms with van der Waals surface area (Å²) in [5.74, 6) is 1.35. The molecule has 2 aliphatic rings. The molecule has 0 saturated carbocycles. The number of thioether (sulfide) groups is 1. The highest BCUT2D eigenvalue weighted by molar-refractivity contribution is 7.99. The number of carbonyl (C=O) groups excluding carboxylic acids is 2. The molecule has 28 heavy (non-hydrogen) atoms. The number of imide groups is 1. The molecule has 0 spiro atoms. The van der Waals surface area contributed by atoms with Gasteiger partial charge in [0.25, 0.3) is 0 Å². The van der Waals surface area contributed by atoms with Gasteiger partial charge in [0.2, 0.25) is 11.9 Å². The normalized spacial score (nSPS) is 20.4. The fraction of sp³-hybridized carbons (Fsp3) is 0.778. The zero-order valence-corrected chi connectivity index (χ0v) is 17.5. The number of piperidine rings is 1. The Balaban J connectivity index is 1.67. The number of aromatic nitrogens is 3. The second-order valence-electron chi connectivity index (χ2n) is 7.39. The van der Waals surface area contributed by atoms with Gasteiger partial charge in [0.15, 0.2) is 5.16 Å². The maximum absolute atomic E-state index is 12.0. The average Bonchev–Trinajstić information content (AvgIpc) is 3.31. The van der Waals surface area contributed by atoms with Crippen LogP contribution in [0.3, 0.4) is 0 Å². The molecule has 3 heterocycles. The average molecular weight is 411 g/mol. The fourth-order valence-electron chi connectivity index (χ4n) is 3.48. The molecule has 2 saturated heterocycles. The van der Waals surface area contributed by atoms with E-state index < -0.39 is 6.03 Å². The van der Waals surface area contributed by atoms with Crippen molar-refractivity contribution in [3.05, 3.63) is 0 Å². The molecular formula is C18H30N6O3S. The first-order valence-corrected chi connectivity index (χ1v) is 11.1. The van der Waals surface area contributed by atoms with E-state index in [1.165, 1.54) is 11.8 Å². The van der Waals surface area contributed by atoms with E-state index in [4.69, 9.17) is 4.74 Å². The van der Waals surface area contributed by atoms with Gasteiger partial charge in [-0.3, -0.25) is 14.7 Å². The van der Waals surface area contributed by atoms with Crippen LogP contribution >= 0.6 is 11.8 Å². The number of urea groups is 1. The van der Waals surface area contributed by atoms with Gasteiger partial charge in [0, 0.05) is 26.2 Å². The van der Waals surface area contributed by atoms with Crippen molar-refractivity contribution >= 4 is 29.6 Å². The molecule has 1 atom stereocenters. The lowest BCUT2D eigenvalue weighted by molar-refractivity contribution is -0.117. The van der Waals surface area contributed by atoms with E-state index in [1.54, 1.807) is 6.92 Å². The van der Waals surface area contributed by atoms with Crippen LogP contribution in [0.25, 0.3) is 0 Å². The molecule has 3 rings (SSSR count). The first kappa shape index (κ1) is 20.9. The minimum atomic E-state index is -0.475. The summed E-state index contributed by atoms with van der Waals surface area (Å²) in [6.07, 6.45) is 4.54. The van der Waals surface area contributed by atoms with Gasteiger partial charge in [-0.05, 0) is 38.5 Å². The Hall–Kier alpha value is -1.81. The van der Waals surface area contributed by atoms with Crippen molar-refractivity contribution in [3.8, 4) is 0 Å². The Morgan fingerprint density at radius 2 is 2.04 bits per heavy atom. The number of hydrogen-bond donors (Lipinski definition) is 2. The van der Waals surface area contributed by atoms with Gasteiger partial charge < -0.3 is 15.0 Å². The molecule has 2 fully saturated rings. The zero-order valence-electron chi connectivity index (χ0n) is 16.6. The third-order valence-electron chi connectivity index (χ3n) is 5.10. The first-order valence-electron chi connectivity index (χ1n) is 10.1. The van der Waals surface area contributed by atoms with Crippen molar-refractivity contribution in [1.29, 1.82) is 0 Å². The van der Waals surface area contributed by atoms with Crippen molar-refractivity contribution in [2.75, 3.05) is 36.9 Å². The summed E-state index contributed by atoms with van der Waals surface area (Å²) in [6.45, 7) is 7.97. The molecule has 9 nitrogen and oxygen atoms in total. The van der Waals surface area contributed by atoms with Crippen LogP contribution in [0.15, 0.2) is 5.16 Å². The van der Waals surface area contributed by atoms with E-state index in [1.807, 2.05) is 0 Å². The van der Waals surface area contributed by atoms with E-state index in [9.17, 15) is 9.59 Å². The van der Waals surface area contributed by atoms with Crippen LogP contribution in [0.5, 0.6) is 0 Å². The molecule has 156 valence electrons. The monoisotopic (exact) mass is 410 g/mol. The maximum Gasteiger partial charge on any atom is 0.321 e. The Bertz CT molecular complexity index is 668. The lowest BCUT2D eigenvalue weighted by atomic mass is 10.00. The summed E-state index contributed by atoms with van der Waals surface area (Å²) in [4.78, 5) is 25.8. The molecule has 0 bridgehead atoms. The second-order valence-corrected chi connectivity index (χ2v) is 8.34. The van der Waals surface area contributed by atoms with E-state index in [0.29, 0.717) is 18.2 Å². The molecule has 10 heteroatoms. The van der Waals surface area contributed by atoms with E-state index >= 15 is 0 Å². The number of rotatable bonds is 7. The fourth-order valence-corrected chi connectivity index (χ4v) is 4.22. The number of ether oxygens (including phenoxy) is 1. The molecule has 1 unspecified atom stereocenters. The quantitative estimate of drug-likeness (QED) is 0.659. The predicted molar refractivity (Wildman–Crippen MR) is 108 cm³/mol. The number of anilines is 1. The highest BCUT2D eigenvalue weighted by atomic mass is 32.2. The maximum atomic E-state index is 12.0. The van der Waals surface area contributed by atoms with E-state index in [-0.39, 0.29) is 17.8 Å². The van der Waals surface area contributed by atoms with Crippen molar-refractivity contribution in [3.63, 3.8) is 0 Å². The Kier molecular flexibility index (Phi) is 7.55. The molecular weight excluding hydrogens is 380 g/mol. The van der Waals surface area contributed by atoms with Crippen LogP contribution in [0.1, 0.15) is 39.5 Å². The molecule has 0 aromatic carbocycles. The number of nitrogens with one attached hydrogen (secondary N) is 2. The van der Waals surface area contributed by atoms with Crippen LogP contribution in [-0.4, -0.2) is 64.8 Å². The van der Waals surface area contributed by atoms with Crippen molar-refractivity contribution in [2.24, 2.45) is 5.92 Å². The number of nitrogens with zero attached hydrogens (tertiary/aromatic N) is 4. The molecule has 0 radical (unpaired) electrons. The lowest BCUT2D eigenvalue weighted by Gasteiger charge is -2.31. The predicted octanol–water partition coefficient (Wildman–Crippen LogP) is 1.63. The standard InChI is InChI=1S/C18H30N6O3S/c1-3-19-16(26)20-15(25)12-28-18-22-21-17(23-8-6-13(2)7-9-23)24(18)11-14-5-4-10-27-14/h13-14H,3-12H2,1-2H3,(H2,19,20,25,26). The third-order valence-corrected chi connectivity index (χ3v) is 6.06. The third kappa shape index (κ3) is 5.60. The molecule has 3 amide bonds. The van der Waals surface area contributed by atoms with Gasteiger partial charge >= 0.3 is 6.03 Å². The van der Waals surface area contributed by atoms with E-state index in [0.717, 1.165) is 57.2 Å². The van der Waals surface area contributed by atoms with Crippen LogP contribution in [0.2, 0.25) is 0 Å².